The van der Waals surface area contributed by atoms with Crippen LogP contribution < -0.4 is 20.2 Å². The fourth-order valence-electron chi connectivity index (χ4n) is 2.04. The number of nitrogens with zero attached hydrogens (tertiary/aromatic N) is 1. The highest BCUT2D eigenvalue weighted by Crippen LogP contribution is 2.28. The molecule has 0 unspecified atom stereocenters. The fourth-order valence-corrected chi connectivity index (χ4v) is 2.23. The molecular weight excluding hydrogens is 341 g/mol. The molecule has 0 fully saturated rings. The average Bonchev–Trinajstić information content (AvgIpc) is 2.60. The van der Waals surface area contributed by atoms with Gasteiger partial charge in [0.05, 0.1) is 13.3 Å². The Morgan fingerprint density at radius 3 is 2.80 bits per heavy atom. The van der Waals surface area contributed by atoms with Gasteiger partial charge in [-0.15, -0.1) is 0 Å². The lowest BCUT2D eigenvalue weighted by Gasteiger charge is -2.11. The summed E-state index contributed by atoms with van der Waals surface area (Å²) in [5.41, 5.74) is 4.28. The van der Waals surface area contributed by atoms with Gasteiger partial charge >= 0.3 is 0 Å². The van der Waals surface area contributed by atoms with E-state index in [4.69, 9.17) is 21.7 Å². The van der Waals surface area contributed by atoms with Gasteiger partial charge < -0.3 is 14.8 Å². The summed E-state index contributed by atoms with van der Waals surface area (Å²) in [7, 11) is 1.56. The molecule has 0 aliphatic heterocycles. The largest absolute Gasteiger partial charge is 0.493 e. The lowest BCUT2D eigenvalue weighted by Crippen LogP contribution is -2.31. The van der Waals surface area contributed by atoms with Crippen molar-refractivity contribution in [3.8, 4) is 11.5 Å². The molecular formula is C18H20FN3O2S. The molecule has 7 heteroatoms. The van der Waals surface area contributed by atoms with Gasteiger partial charge in [-0.25, -0.2) is 4.39 Å². The summed E-state index contributed by atoms with van der Waals surface area (Å²) in [6.45, 7) is 2.93. The zero-order valence-electron chi connectivity index (χ0n) is 14.1. The molecule has 2 aromatic carbocycles. The smallest absolute Gasteiger partial charge is 0.186 e. The highest BCUT2D eigenvalue weighted by Gasteiger charge is 2.06. The third-order valence-corrected chi connectivity index (χ3v) is 3.42. The van der Waals surface area contributed by atoms with Crippen LogP contribution in [0.2, 0.25) is 0 Å². The van der Waals surface area contributed by atoms with Crippen LogP contribution in [0.4, 0.5) is 4.39 Å². The van der Waals surface area contributed by atoms with Gasteiger partial charge in [0.2, 0.25) is 0 Å². The Bertz CT molecular complexity index is 753. The summed E-state index contributed by atoms with van der Waals surface area (Å²) >= 11 is 5.02. The van der Waals surface area contributed by atoms with Crippen LogP contribution in [0.3, 0.4) is 0 Å². The highest BCUT2D eigenvalue weighted by molar-refractivity contribution is 7.80. The lowest BCUT2D eigenvalue weighted by molar-refractivity contribution is 0.284. The van der Waals surface area contributed by atoms with E-state index in [9.17, 15) is 4.39 Å². The number of ether oxygens (including phenoxy) is 2. The number of benzene rings is 2. The van der Waals surface area contributed by atoms with E-state index in [1.807, 2.05) is 13.0 Å². The monoisotopic (exact) mass is 361 g/mol. The summed E-state index contributed by atoms with van der Waals surface area (Å²) in [5, 5.41) is 7.45. The van der Waals surface area contributed by atoms with E-state index in [1.54, 1.807) is 37.6 Å². The molecule has 25 heavy (non-hydrogen) atoms. The lowest BCUT2D eigenvalue weighted by atomic mass is 10.2. The van der Waals surface area contributed by atoms with Crippen molar-refractivity contribution in [3.05, 3.63) is 59.4 Å². The van der Waals surface area contributed by atoms with Crippen molar-refractivity contribution in [2.24, 2.45) is 5.10 Å². The van der Waals surface area contributed by atoms with E-state index in [0.29, 0.717) is 16.6 Å². The number of halogens is 1. The van der Waals surface area contributed by atoms with Crippen molar-refractivity contribution in [2.45, 2.75) is 13.5 Å². The molecule has 132 valence electrons. The first kappa shape index (κ1) is 18.7. The number of methoxy groups -OCH3 is 1. The number of rotatable bonds is 7. The van der Waals surface area contributed by atoms with Gasteiger partial charge in [-0.1, -0.05) is 12.1 Å². The second-order valence-corrected chi connectivity index (χ2v) is 5.47. The van der Waals surface area contributed by atoms with E-state index in [-0.39, 0.29) is 12.4 Å². The molecule has 0 atom stereocenters. The Morgan fingerprint density at radius 2 is 2.08 bits per heavy atom. The van der Waals surface area contributed by atoms with Crippen LogP contribution in [0.15, 0.2) is 47.6 Å². The Hall–Kier alpha value is -2.67. The first-order chi connectivity index (χ1) is 12.1. The number of thiocarbonyl (C=S) groups is 1. The molecule has 0 radical (unpaired) electrons. The van der Waals surface area contributed by atoms with E-state index in [1.165, 1.54) is 12.1 Å². The maximum absolute atomic E-state index is 13.2. The minimum absolute atomic E-state index is 0.250. The van der Waals surface area contributed by atoms with Crippen LogP contribution in [-0.4, -0.2) is 25.0 Å². The number of hydrazone groups is 1. The molecule has 0 spiro atoms. The van der Waals surface area contributed by atoms with E-state index >= 15 is 0 Å². The molecule has 2 aromatic rings. The average molecular weight is 361 g/mol. The third kappa shape index (κ3) is 6.04. The van der Waals surface area contributed by atoms with E-state index in [0.717, 1.165) is 17.7 Å². The standard InChI is InChI=1S/C18H20FN3O2S/c1-3-20-18(25)22-21-11-13-7-8-16(17(10-13)23-2)24-12-14-5-4-6-15(19)9-14/h4-11H,3,12H2,1-2H3,(H2,20,22,25)/b21-11-. The molecule has 0 bridgehead atoms. The Balaban J connectivity index is 2.01. The van der Waals surface area contributed by atoms with Crippen molar-refractivity contribution in [1.29, 1.82) is 0 Å². The SMILES string of the molecule is CCNC(=S)N/N=C\c1ccc(OCc2cccc(F)c2)c(OC)c1. The van der Waals surface area contributed by atoms with Crippen molar-refractivity contribution in [3.63, 3.8) is 0 Å². The van der Waals surface area contributed by atoms with Crippen molar-refractivity contribution < 1.29 is 13.9 Å². The first-order valence-corrected chi connectivity index (χ1v) is 8.15. The summed E-state index contributed by atoms with van der Waals surface area (Å²) in [6, 6.07) is 11.7. The topological polar surface area (TPSA) is 54.9 Å². The van der Waals surface area contributed by atoms with Gasteiger partial charge in [0.1, 0.15) is 12.4 Å². The zero-order valence-corrected chi connectivity index (χ0v) is 14.9. The van der Waals surface area contributed by atoms with Crippen molar-refractivity contribution in [1.82, 2.24) is 10.7 Å². The van der Waals surface area contributed by atoms with Crippen LogP contribution >= 0.6 is 12.2 Å². The minimum atomic E-state index is -0.289. The molecule has 0 saturated heterocycles. The maximum Gasteiger partial charge on any atom is 0.186 e. The fraction of sp³-hybridized carbons (Fsp3) is 0.222. The predicted molar refractivity (Wildman–Crippen MR) is 101 cm³/mol. The van der Waals surface area contributed by atoms with Gasteiger partial charge in [0.15, 0.2) is 16.6 Å². The molecule has 0 amide bonds. The van der Waals surface area contributed by atoms with Gasteiger partial charge in [0, 0.05) is 6.54 Å². The first-order valence-electron chi connectivity index (χ1n) is 7.74. The summed E-state index contributed by atoms with van der Waals surface area (Å²) < 4.78 is 24.3. The Morgan fingerprint density at radius 1 is 1.24 bits per heavy atom. The third-order valence-electron chi connectivity index (χ3n) is 3.19. The molecule has 2 N–H and O–H groups in total. The van der Waals surface area contributed by atoms with Gasteiger partial charge in [-0.2, -0.15) is 5.10 Å². The van der Waals surface area contributed by atoms with Gasteiger partial charge in [-0.05, 0) is 60.6 Å². The Kier molecular flexibility index (Phi) is 7.16. The van der Waals surface area contributed by atoms with Crippen molar-refractivity contribution >= 4 is 23.5 Å². The molecule has 0 heterocycles. The molecule has 5 nitrogen and oxygen atoms in total. The predicted octanol–water partition coefficient (Wildman–Crippen LogP) is 3.23. The van der Waals surface area contributed by atoms with Gasteiger partial charge in [0.25, 0.3) is 0 Å². The summed E-state index contributed by atoms with van der Waals surface area (Å²) in [4.78, 5) is 0. The van der Waals surface area contributed by atoms with Crippen LogP contribution in [-0.2, 0) is 6.61 Å². The van der Waals surface area contributed by atoms with Gasteiger partial charge in [-0.3, -0.25) is 5.43 Å². The number of hydrogen-bond donors (Lipinski definition) is 2. The van der Waals surface area contributed by atoms with E-state index < -0.39 is 0 Å². The van der Waals surface area contributed by atoms with Crippen LogP contribution in [0.25, 0.3) is 0 Å². The number of nitrogens with one attached hydrogen (secondary N) is 2. The highest BCUT2D eigenvalue weighted by atomic mass is 32.1. The maximum atomic E-state index is 13.2. The summed E-state index contributed by atoms with van der Waals surface area (Å²) in [6.07, 6.45) is 1.63. The number of hydrogen-bond acceptors (Lipinski definition) is 4. The minimum Gasteiger partial charge on any atom is -0.493 e. The molecule has 2 rings (SSSR count). The van der Waals surface area contributed by atoms with E-state index in [2.05, 4.69) is 15.8 Å². The van der Waals surface area contributed by atoms with Crippen LogP contribution in [0.5, 0.6) is 11.5 Å². The Labute approximate surface area is 151 Å². The molecule has 0 saturated carbocycles. The summed E-state index contributed by atoms with van der Waals surface area (Å²) in [5.74, 6) is 0.845. The zero-order chi connectivity index (χ0) is 18.1. The van der Waals surface area contributed by atoms with Crippen LogP contribution in [0, 0.1) is 5.82 Å². The second-order valence-electron chi connectivity index (χ2n) is 5.06. The molecule has 0 aromatic heterocycles. The molecule has 0 aliphatic carbocycles. The second kappa shape index (κ2) is 9.58. The normalized spacial score (nSPS) is 10.5. The molecule has 0 aliphatic rings. The quantitative estimate of drug-likeness (QED) is 0.450. The van der Waals surface area contributed by atoms with Crippen molar-refractivity contribution in [2.75, 3.05) is 13.7 Å². The van der Waals surface area contributed by atoms with Crippen LogP contribution in [0.1, 0.15) is 18.1 Å².